The van der Waals surface area contributed by atoms with Crippen LogP contribution in [-0.4, -0.2) is 52.9 Å². The van der Waals surface area contributed by atoms with E-state index in [9.17, 15) is 23.1 Å². The minimum absolute atomic E-state index is 0.0626. The Kier molecular flexibility index (Phi) is 7.14. The number of nitrogens with one attached hydrogen (secondary N) is 1. The topological polar surface area (TPSA) is 114 Å². The molecule has 42 heavy (non-hydrogen) atoms. The predicted molar refractivity (Wildman–Crippen MR) is 153 cm³/mol. The summed E-state index contributed by atoms with van der Waals surface area (Å²) in [5.41, 5.74) is 7.39. The van der Waals surface area contributed by atoms with E-state index in [1.165, 1.54) is 18.2 Å². The summed E-state index contributed by atoms with van der Waals surface area (Å²) in [5.74, 6) is -0.945. The molecule has 0 bridgehead atoms. The van der Waals surface area contributed by atoms with E-state index >= 15 is 0 Å². The number of nitrogens with zero attached hydrogens (tertiary/aromatic N) is 3. The van der Waals surface area contributed by atoms with Crippen LogP contribution in [0.4, 0.5) is 24.9 Å². The number of piperidine rings is 1. The molecular formula is C31H30F3N5O3. The molecule has 2 aliphatic heterocycles. The molecule has 1 spiro atoms. The molecule has 3 heterocycles. The normalized spacial score (nSPS) is 19.2. The van der Waals surface area contributed by atoms with Gasteiger partial charge in [0.2, 0.25) is 17.9 Å². The zero-order valence-corrected chi connectivity index (χ0v) is 22.6. The van der Waals surface area contributed by atoms with Gasteiger partial charge in [0.25, 0.3) is 0 Å². The molecule has 2 saturated heterocycles. The van der Waals surface area contributed by atoms with Crippen LogP contribution in [0.5, 0.6) is 5.88 Å². The number of aliphatic carboxylic acids is 1. The van der Waals surface area contributed by atoms with Gasteiger partial charge in [-0.25, -0.2) is 0 Å². The van der Waals surface area contributed by atoms with Crippen molar-refractivity contribution in [1.82, 2.24) is 15.3 Å². The maximum absolute atomic E-state index is 14.2. The summed E-state index contributed by atoms with van der Waals surface area (Å²) in [6.07, 6.45) is -4.98. The highest BCUT2D eigenvalue weighted by atomic mass is 19.4. The van der Waals surface area contributed by atoms with Crippen LogP contribution in [-0.2, 0) is 4.79 Å². The van der Waals surface area contributed by atoms with Crippen molar-refractivity contribution < 1.29 is 27.8 Å². The lowest BCUT2D eigenvalue weighted by molar-refractivity contribution is -0.198. The monoisotopic (exact) mass is 577 g/mol. The molecule has 6 rings (SSSR count). The molecule has 0 radical (unpaired) electrons. The first-order valence-electron chi connectivity index (χ1n) is 13.8. The number of nitrogen functional groups attached to an aromatic ring is 1. The van der Waals surface area contributed by atoms with Gasteiger partial charge in [-0.1, -0.05) is 60.7 Å². The summed E-state index contributed by atoms with van der Waals surface area (Å²) >= 11 is 0. The lowest BCUT2D eigenvalue weighted by Crippen LogP contribution is -2.41. The highest BCUT2D eigenvalue weighted by Gasteiger charge is 2.45. The zero-order chi connectivity index (χ0) is 29.5. The maximum atomic E-state index is 14.2. The zero-order valence-electron chi connectivity index (χ0n) is 22.6. The first kappa shape index (κ1) is 27.8. The second-order valence-electron chi connectivity index (χ2n) is 11.1. The van der Waals surface area contributed by atoms with Gasteiger partial charge in [-0.3, -0.25) is 4.79 Å². The third-order valence-corrected chi connectivity index (χ3v) is 8.35. The third kappa shape index (κ3) is 5.69. The Bertz CT molecular complexity index is 1600. The number of carboxylic acids is 1. The van der Waals surface area contributed by atoms with Crippen molar-refractivity contribution in [2.24, 2.45) is 5.41 Å². The van der Waals surface area contributed by atoms with Crippen molar-refractivity contribution >= 4 is 28.5 Å². The number of carboxylic acid groups (broad SMARTS) is 1. The van der Waals surface area contributed by atoms with E-state index < -0.39 is 24.3 Å². The van der Waals surface area contributed by atoms with Gasteiger partial charge in [0.1, 0.15) is 11.9 Å². The average Bonchev–Trinajstić information content (AvgIpc) is 3.39. The lowest BCUT2D eigenvalue weighted by atomic mass is 9.76. The fourth-order valence-corrected chi connectivity index (χ4v) is 6.00. The maximum Gasteiger partial charge on any atom is 0.429 e. The fourth-order valence-electron chi connectivity index (χ4n) is 6.00. The molecule has 2 fully saturated rings. The average molecular weight is 578 g/mol. The van der Waals surface area contributed by atoms with E-state index in [4.69, 9.17) is 10.5 Å². The first-order chi connectivity index (χ1) is 20.1. The van der Waals surface area contributed by atoms with Crippen LogP contribution in [0.2, 0.25) is 0 Å². The van der Waals surface area contributed by atoms with E-state index in [0.29, 0.717) is 31.9 Å². The number of ether oxygens (including phenoxy) is 1. The Labute approximate surface area is 240 Å². The van der Waals surface area contributed by atoms with E-state index in [1.807, 2.05) is 47.4 Å². The van der Waals surface area contributed by atoms with Gasteiger partial charge in [-0.15, -0.1) is 0 Å². The van der Waals surface area contributed by atoms with Crippen molar-refractivity contribution in [2.75, 3.05) is 30.3 Å². The lowest BCUT2D eigenvalue weighted by Gasteiger charge is -2.39. The molecule has 11 heteroatoms. The van der Waals surface area contributed by atoms with Crippen molar-refractivity contribution in [3.05, 3.63) is 78.4 Å². The number of alkyl halides is 3. The van der Waals surface area contributed by atoms with Crippen LogP contribution in [0.1, 0.15) is 30.9 Å². The van der Waals surface area contributed by atoms with Gasteiger partial charge in [0, 0.05) is 31.3 Å². The summed E-state index contributed by atoms with van der Waals surface area (Å²) in [7, 11) is 0. The Morgan fingerprint density at radius 1 is 1.00 bits per heavy atom. The van der Waals surface area contributed by atoms with Gasteiger partial charge in [0.15, 0.2) is 0 Å². The van der Waals surface area contributed by atoms with E-state index in [2.05, 4.69) is 15.3 Å². The van der Waals surface area contributed by atoms with Gasteiger partial charge >= 0.3 is 12.1 Å². The van der Waals surface area contributed by atoms with E-state index in [-0.39, 0.29) is 22.8 Å². The molecule has 218 valence electrons. The first-order valence-corrected chi connectivity index (χ1v) is 13.8. The van der Waals surface area contributed by atoms with E-state index in [1.54, 1.807) is 12.1 Å². The molecular weight excluding hydrogens is 547 g/mol. The minimum Gasteiger partial charge on any atom is -0.480 e. The predicted octanol–water partition coefficient (Wildman–Crippen LogP) is 5.59. The second-order valence-corrected chi connectivity index (χ2v) is 11.1. The number of hydrogen-bond donors (Lipinski definition) is 3. The number of fused-ring (bicyclic) bond motifs is 1. The Morgan fingerprint density at radius 3 is 2.36 bits per heavy atom. The number of aromatic nitrogens is 2. The van der Waals surface area contributed by atoms with E-state index in [0.717, 1.165) is 34.7 Å². The smallest absolute Gasteiger partial charge is 0.429 e. The minimum atomic E-state index is -4.71. The highest BCUT2D eigenvalue weighted by molar-refractivity contribution is 5.87. The summed E-state index contributed by atoms with van der Waals surface area (Å²) in [4.78, 5) is 21.5. The molecule has 1 aromatic heterocycles. The Balaban J connectivity index is 1.19. The number of rotatable bonds is 6. The van der Waals surface area contributed by atoms with Crippen molar-refractivity contribution in [2.45, 2.75) is 37.6 Å². The molecule has 2 atom stereocenters. The SMILES string of the molecule is Nc1nc(O[C@H](c2ccc(-c3ccc4ccccc4c3)cc2)C(F)(F)F)cc(N2CCC3(CC2)CN[C@H](C(=O)O)C3)n1. The molecule has 8 nitrogen and oxygen atoms in total. The van der Waals surface area contributed by atoms with Crippen LogP contribution in [0.15, 0.2) is 72.8 Å². The Morgan fingerprint density at radius 2 is 1.69 bits per heavy atom. The highest BCUT2D eigenvalue weighted by Crippen LogP contribution is 2.41. The molecule has 2 aliphatic rings. The number of hydrogen-bond acceptors (Lipinski definition) is 7. The number of anilines is 2. The molecule has 0 unspecified atom stereocenters. The summed E-state index contributed by atoms with van der Waals surface area (Å²) < 4.78 is 48.2. The Hall–Kier alpha value is -4.38. The van der Waals surface area contributed by atoms with Crippen LogP contribution in [0.25, 0.3) is 21.9 Å². The number of carbonyl (C=O) groups is 1. The molecule has 3 aromatic carbocycles. The van der Waals surface area contributed by atoms with Gasteiger partial charge in [-0.2, -0.15) is 23.1 Å². The number of halogens is 3. The fraction of sp³-hybridized carbons (Fsp3) is 0.323. The largest absolute Gasteiger partial charge is 0.480 e. The van der Waals surface area contributed by atoms with Crippen molar-refractivity contribution in [3.63, 3.8) is 0 Å². The van der Waals surface area contributed by atoms with Crippen LogP contribution < -0.4 is 20.7 Å². The standard InChI is InChI=1S/C31H30F3N5O3/c32-31(33,34)27(21-8-5-20(6-9-21)23-10-7-19-3-1-2-4-22(19)15-23)42-26-16-25(37-29(35)38-26)39-13-11-30(12-14-39)17-24(28(40)41)36-18-30/h1-10,15-16,24,27,36H,11-14,17-18H2,(H,40,41)(H2,35,37,38)/t24-,27+/m0/s1. The molecule has 0 amide bonds. The molecule has 4 N–H and O–H groups in total. The molecule has 0 saturated carbocycles. The van der Waals surface area contributed by atoms with Crippen molar-refractivity contribution in [3.8, 4) is 17.0 Å². The van der Waals surface area contributed by atoms with Gasteiger partial charge in [0.05, 0.1) is 0 Å². The third-order valence-electron chi connectivity index (χ3n) is 8.35. The summed E-state index contributed by atoms with van der Waals surface area (Å²) in [5, 5.41) is 14.5. The second kappa shape index (κ2) is 10.8. The molecule has 4 aromatic rings. The van der Waals surface area contributed by atoms with Crippen LogP contribution >= 0.6 is 0 Å². The summed E-state index contributed by atoms with van der Waals surface area (Å²) in [6, 6.07) is 20.8. The van der Waals surface area contributed by atoms with Crippen LogP contribution in [0.3, 0.4) is 0 Å². The number of nitrogens with two attached hydrogens (primary N) is 1. The number of benzene rings is 3. The van der Waals surface area contributed by atoms with Gasteiger partial charge in [-0.05, 0) is 52.6 Å². The van der Waals surface area contributed by atoms with Crippen molar-refractivity contribution in [1.29, 1.82) is 0 Å². The summed E-state index contributed by atoms with van der Waals surface area (Å²) in [6.45, 7) is 1.73. The quantitative estimate of drug-likeness (QED) is 0.272. The molecule has 0 aliphatic carbocycles. The van der Waals surface area contributed by atoms with Crippen LogP contribution in [0, 0.1) is 5.41 Å². The van der Waals surface area contributed by atoms with Gasteiger partial charge < -0.3 is 25.8 Å².